The van der Waals surface area contributed by atoms with Crippen molar-refractivity contribution in [2.24, 2.45) is 36.1 Å². The van der Waals surface area contributed by atoms with Crippen LogP contribution in [0.4, 0.5) is 5.82 Å². The van der Waals surface area contributed by atoms with Gasteiger partial charge in [0.15, 0.2) is 0 Å². The number of carbonyl (C=O) groups is 5. The lowest BCUT2D eigenvalue weighted by Crippen LogP contribution is -2.49. The number of aliphatic carboxylic acids is 1. The Hall–Kier alpha value is -5.07. The Labute approximate surface area is 320 Å². The van der Waals surface area contributed by atoms with Crippen LogP contribution < -0.4 is 4.90 Å². The second-order valence-corrected chi connectivity index (χ2v) is 16.5. The second kappa shape index (κ2) is 13.1. The van der Waals surface area contributed by atoms with Crippen molar-refractivity contribution in [3.63, 3.8) is 0 Å². The fourth-order valence-electron chi connectivity index (χ4n) is 9.63. The fraction of sp³-hybridized carbons (Fsp3) is 0.366. The highest BCUT2D eigenvalue weighted by Crippen LogP contribution is 2.64. The number of aryl methyl sites for hydroxylation is 2. The van der Waals surface area contributed by atoms with Gasteiger partial charge in [0.25, 0.3) is 0 Å². The average Bonchev–Trinajstić information content (AvgIpc) is 3.80. The normalized spacial score (nSPS) is 26.3. The topological polar surface area (TPSA) is 150 Å². The number of carboxylic acids is 1. The molecule has 2 N–H and O–H groups in total. The number of halogens is 1. The highest BCUT2D eigenvalue weighted by molar-refractivity contribution is 7.22. The van der Waals surface area contributed by atoms with Gasteiger partial charge in [0.1, 0.15) is 17.3 Å². The first-order valence-electron chi connectivity index (χ1n) is 18.1. The van der Waals surface area contributed by atoms with E-state index in [9.17, 15) is 29.4 Å². The lowest BCUT2D eigenvalue weighted by Gasteiger charge is -2.49. The van der Waals surface area contributed by atoms with Crippen molar-refractivity contribution in [2.75, 3.05) is 11.4 Å². The summed E-state index contributed by atoms with van der Waals surface area (Å²) < 4.78 is 2.57. The van der Waals surface area contributed by atoms with Crippen molar-refractivity contribution >= 4 is 68.4 Å². The van der Waals surface area contributed by atoms with Crippen molar-refractivity contribution in [1.29, 1.82) is 0 Å². The molecule has 278 valence electrons. The van der Waals surface area contributed by atoms with Gasteiger partial charge in [-0.1, -0.05) is 47.5 Å². The number of fused-ring (bicyclic) bond motifs is 5. The summed E-state index contributed by atoms with van der Waals surface area (Å²) >= 11 is 7.85. The number of para-hydroxylation sites is 1. The molecule has 0 spiro atoms. The van der Waals surface area contributed by atoms with Crippen LogP contribution in [-0.4, -0.2) is 61.0 Å². The number of rotatable bonds is 9. The van der Waals surface area contributed by atoms with E-state index in [1.807, 2.05) is 37.3 Å². The molecule has 54 heavy (non-hydrogen) atoms. The third kappa shape index (κ3) is 5.20. The zero-order chi connectivity index (χ0) is 38.4. The van der Waals surface area contributed by atoms with Crippen molar-refractivity contribution in [3.05, 3.63) is 88.5 Å². The predicted molar refractivity (Wildman–Crippen MR) is 204 cm³/mol. The molecule has 4 amide bonds. The van der Waals surface area contributed by atoms with Gasteiger partial charge in [-0.25, -0.2) is 4.90 Å². The number of benzene rings is 2. The number of aromatic nitrogens is 2. The molecule has 13 heteroatoms. The number of likely N-dealkylation sites (tertiary alicyclic amines) is 1. The molecule has 6 unspecified atom stereocenters. The summed E-state index contributed by atoms with van der Waals surface area (Å²) in [5.41, 5.74) is 2.06. The molecular weight excluding hydrogens is 728 g/mol. The Balaban J connectivity index is 1.23. The monoisotopic (exact) mass is 766 g/mol. The summed E-state index contributed by atoms with van der Waals surface area (Å²) in [7, 11) is 1.69. The van der Waals surface area contributed by atoms with Crippen molar-refractivity contribution in [3.8, 4) is 16.3 Å². The minimum atomic E-state index is -1.36. The van der Waals surface area contributed by atoms with Crippen LogP contribution >= 0.6 is 22.9 Å². The van der Waals surface area contributed by atoms with E-state index in [2.05, 4.69) is 6.58 Å². The minimum absolute atomic E-state index is 0.00275. The SMILES string of the molecule is C=CCc1cccc(C2C3=CCC4C(=O)N(CCCC(=O)O)C(=O)C4C3CC3C(=O)N(c4cc(-c5sc6ccc(Cl)cc6c5C)nn4C)C(=O)C32C)c1O. The third-order valence-corrected chi connectivity index (χ3v) is 13.7. The van der Waals surface area contributed by atoms with Crippen LogP contribution in [0.15, 0.2) is 66.8 Å². The Bertz CT molecular complexity index is 2360. The van der Waals surface area contributed by atoms with Crippen LogP contribution in [0, 0.1) is 36.0 Å². The number of aromatic hydroxyl groups is 1. The summed E-state index contributed by atoms with van der Waals surface area (Å²) in [6.45, 7) is 7.60. The lowest BCUT2D eigenvalue weighted by atomic mass is 9.51. The van der Waals surface area contributed by atoms with Gasteiger partial charge in [0, 0.05) is 47.3 Å². The van der Waals surface area contributed by atoms with Crippen LogP contribution in [0.2, 0.25) is 5.02 Å². The Kier molecular flexibility index (Phi) is 8.69. The van der Waals surface area contributed by atoms with E-state index in [4.69, 9.17) is 16.7 Å². The standard InChI is InChI=1S/C41H39ClN4O7S/c1-5-8-21-9-6-10-25(35(21)49)34-23-13-14-24-33(39(52)45(37(24)50)16-7-11-32(47)48)27(23)18-28-38(51)46(40(53)41(28,34)3)31-19-29(43-44(31)4)36-20(2)26-17-22(42)12-15-30(26)54-36/h5-6,9-10,12-13,15,17,19,24,27-28,33-34,49H,1,7-8,11,14,16,18H2,2-4H3,(H,47,48). The molecule has 2 aliphatic heterocycles. The Morgan fingerprint density at radius 2 is 1.89 bits per heavy atom. The molecule has 3 fully saturated rings. The smallest absolute Gasteiger partial charge is 0.303 e. The first-order chi connectivity index (χ1) is 25.8. The number of allylic oxidation sites excluding steroid dienone is 3. The number of anilines is 1. The van der Waals surface area contributed by atoms with Crippen LogP contribution in [0.25, 0.3) is 20.7 Å². The number of carbonyl (C=O) groups excluding carboxylic acids is 4. The average molecular weight is 767 g/mol. The molecule has 8 rings (SSSR count). The largest absolute Gasteiger partial charge is 0.507 e. The van der Waals surface area contributed by atoms with Crippen LogP contribution in [0.1, 0.15) is 55.2 Å². The number of hydrogen-bond donors (Lipinski definition) is 2. The van der Waals surface area contributed by atoms with Gasteiger partial charge in [0.2, 0.25) is 23.6 Å². The molecule has 6 atom stereocenters. The number of carboxylic acid groups (broad SMARTS) is 1. The number of hydrogen-bond acceptors (Lipinski definition) is 8. The molecular formula is C41H39ClN4O7S. The number of thiophene rings is 1. The first kappa shape index (κ1) is 35.9. The second-order valence-electron chi connectivity index (χ2n) is 15.0. The van der Waals surface area contributed by atoms with E-state index >= 15 is 4.79 Å². The maximum Gasteiger partial charge on any atom is 0.303 e. The van der Waals surface area contributed by atoms with Crippen molar-refractivity contribution in [2.45, 2.75) is 51.9 Å². The zero-order valence-corrected chi connectivity index (χ0v) is 31.6. The molecule has 4 aliphatic rings. The van der Waals surface area contributed by atoms with Gasteiger partial charge in [-0.2, -0.15) is 5.10 Å². The quantitative estimate of drug-likeness (QED) is 0.140. The molecule has 2 aliphatic carbocycles. The third-order valence-electron chi connectivity index (χ3n) is 12.2. The van der Waals surface area contributed by atoms with E-state index < -0.39 is 52.8 Å². The molecule has 1 saturated carbocycles. The van der Waals surface area contributed by atoms with Gasteiger partial charge >= 0.3 is 5.97 Å². The highest BCUT2D eigenvalue weighted by Gasteiger charge is 2.68. The van der Waals surface area contributed by atoms with E-state index in [0.29, 0.717) is 34.1 Å². The molecule has 2 aromatic carbocycles. The van der Waals surface area contributed by atoms with Crippen LogP contribution in [0.5, 0.6) is 5.75 Å². The number of phenols is 1. The maximum atomic E-state index is 15.1. The van der Waals surface area contributed by atoms with Gasteiger partial charge in [-0.3, -0.25) is 33.6 Å². The number of amides is 4. The summed E-state index contributed by atoms with van der Waals surface area (Å²) in [5.74, 6) is -6.00. The maximum absolute atomic E-state index is 15.1. The molecule has 4 aromatic rings. The van der Waals surface area contributed by atoms with E-state index in [1.165, 1.54) is 14.5 Å². The summed E-state index contributed by atoms with van der Waals surface area (Å²) in [6.07, 6.45) is 4.34. The predicted octanol–water partition coefficient (Wildman–Crippen LogP) is 6.79. The molecule has 2 aromatic heterocycles. The zero-order valence-electron chi connectivity index (χ0n) is 30.0. The van der Waals surface area contributed by atoms with Gasteiger partial charge in [-0.15, -0.1) is 17.9 Å². The fourth-order valence-corrected chi connectivity index (χ4v) is 10.9. The van der Waals surface area contributed by atoms with Crippen LogP contribution in [-0.2, 0) is 37.4 Å². The minimum Gasteiger partial charge on any atom is -0.507 e. The lowest BCUT2D eigenvalue weighted by molar-refractivity contribution is -0.142. The van der Waals surface area contributed by atoms with Crippen molar-refractivity contribution < 1.29 is 34.2 Å². The van der Waals surface area contributed by atoms with E-state index in [-0.39, 0.29) is 49.8 Å². The number of imide groups is 2. The summed E-state index contributed by atoms with van der Waals surface area (Å²) in [5, 5.41) is 27.4. The summed E-state index contributed by atoms with van der Waals surface area (Å²) in [4.78, 5) is 72.2. The van der Waals surface area contributed by atoms with Crippen LogP contribution in [0.3, 0.4) is 0 Å². The van der Waals surface area contributed by atoms with Gasteiger partial charge in [0.05, 0.1) is 28.0 Å². The molecule has 0 bridgehead atoms. The van der Waals surface area contributed by atoms with E-state index in [1.54, 1.807) is 49.6 Å². The Morgan fingerprint density at radius 1 is 1.11 bits per heavy atom. The van der Waals surface area contributed by atoms with E-state index in [0.717, 1.165) is 26.1 Å². The highest BCUT2D eigenvalue weighted by atomic mass is 35.5. The Morgan fingerprint density at radius 3 is 2.63 bits per heavy atom. The molecule has 11 nitrogen and oxygen atoms in total. The first-order valence-corrected chi connectivity index (χ1v) is 19.3. The van der Waals surface area contributed by atoms with Gasteiger partial charge in [-0.05, 0) is 80.2 Å². The molecule has 0 radical (unpaired) electrons. The van der Waals surface area contributed by atoms with Crippen molar-refractivity contribution in [1.82, 2.24) is 14.7 Å². The summed E-state index contributed by atoms with van der Waals surface area (Å²) in [6, 6.07) is 12.8. The van der Waals surface area contributed by atoms with Gasteiger partial charge < -0.3 is 10.2 Å². The number of phenolic OH excluding ortho intramolecular Hbond substituents is 1. The number of nitrogens with zero attached hydrogens (tertiary/aromatic N) is 4. The molecule has 4 heterocycles. The molecule has 2 saturated heterocycles.